The van der Waals surface area contributed by atoms with Crippen LogP contribution in [0.3, 0.4) is 0 Å². The number of halogens is 1. The Kier molecular flexibility index (Phi) is 4.85. The minimum Gasteiger partial charge on any atom is -0.489 e. The molecule has 8 heteroatoms. The van der Waals surface area contributed by atoms with Gasteiger partial charge in [0.2, 0.25) is 0 Å². The molecule has 2 aromatic carbocycles. The van der Waals surface area contributed by atoms with Gasteiger partial charge in [0.05, 0.1) is 29.3 Å². The van der Waals surface area contributed by atoms with Gasteiger partial charge in [-0.1, -0.05) is 16.8 Å². The minimum absolute atomic E-state index is 0.0783. The molecule has 0 bridgehead atoms. The first kappa shape index (κ1) is 17.6. The van der Waals surface area contributed by atoms with Gasteiger partial charge in [-0.25, -0.2) is 9.48 Å². The summed E-state index contributed by atoms with van der Waals surface area (Å²) < 4.78 is 18.4. The summed E-state index contributed by atoms with van der Waals surface area (Å²) in [7, 11) is 0. The van der Waals surface area contributed by atoms with Crippen LogP contribution >= 0.6 is 11.6 Å². The third kappa shape index (κ3) is 3.55. The smallest absolute Gasteiger partial charge is 0.338 e. The summed E-state index contributed by atoms with van der Waals surface area (Å²) in [4.78, 5) is 12.4. The lowest BCUT2D eigenvalue weighted by atomic mass is 10.2. The largest absolute Gasteiger partial charge is 0.489 e. The van der Waals surface area contributed by atoms with Crippen LogP contribution < -0.4 is 9.47 Å². The second-order valence-corrected chi connectivity index (χ2v) is 6.55. The van der Waals surface area contributed by atoms with Gasteiger partial charge in [-0.3, -0.25) is 0 Å². The number of aromatic nitrogens is 3. The molecule has 1 aromatic heterocycles. The van der Waals surface area contributed by atoms with Crippen LogP contribution in [0.15, 0.2) is 30.3 Å². The van der Waals surface area contributed by atoms with E-state index in [-0.39, 0.29) is 6.61 Å². The summed E-state index contributed by atoms with van der Waals surface area (Å²) in [5, 5.41) is 8.56. The molecule has 0 spiro atoms. The van der Waals surface area contributed by atoms with Crippen molar-refractivity contribution < 1.29 is 19.0 Å². The molecule has 27 heavy (non-hydrogen) atoms. The van der Waals surface area contributed by atoms with E-state index in [1.807, 2.05) is 13.0 Å². The van der Waals surface area contributed by atoms with Gasteiger partial charge in [-0.15, -0.1) is 5.10 Å². The van der Waals surface area contributed by atoms with Gasteiger partial charge in [0.1, 0.15) is 12.1 Å². The van der Waals surface area contributed by atoms with Crippen molar-refractivity contribution in [1.82, 2.24) is 15.0 Å². The summed E-state index contributed by atoms with van der Waals surface area (Å²) in [6, 6.07) is 8.72. The Labute approximate surface area is 160 Å². The lowest BCUT2D eigenvalue weighted by Gasteiger charge is -2.12. The molecule has 0 saturated carbocycles. The van der Waals surface area contributed by atoms with Crippen LogP contribution in [0.5, 0.6) is 11.5 Å². The quantitative estimate of drug-likeness (QED) is 0.636. The zero-order chi connectivity index (χ0) is 18.8. The SMILES string of the molecule is CCn1nnc2cc(C(=O)OCc3cc(Cl)c4c(c3)OCCCO4)ccc21. The number of esters is 1. The van der Waals surface area contributed by atoms with E-state index in [9.17, 15) is 4.79 Å². The Bertz CT molecular complexity index is 1000. The molecule has 2 heterocycles. The number of aryl methyl sites for hydroxylation is 1. The summed E-state index contributed by atoms with van der Waals surface area (Å²) in [5.41, 5.74) is 2.69. The summed E-state index contributed by atoms with van der Waals surface area (Å²) >= 11 is 6.27. The number of fused-ring (bicyclic) bond motifs is 2. The second kappa shape index (κ2) is 7.44. The normalized spacial score (nSPS) is 13.4. The van der Waals surface area contributed by atoms with Crippen molar-refractivity contribution in [2.75, 3.05) is 13.2 Å². The molecule has 1 aliphatic rings. The van der Waals surface area contributed by atoms with E-state index in [1.54, 1.807) is 28.9 Å². The molecule has 0 N–H and O–H groups in total. The van der Waals surface area contributed by atoms with Gasteiger partial charge < -0.3 is 14.2 Å². The van der Waals surface area contributed by atoms with Crippen LogP contribution in [0.25, 0.3) is 11.0 Å². The highest BCUT2D eigenvalue weighted by Gasteiger charge is 2.17. The molecule has 0 fully saturated rings. The first-order chi connectivity index (χ1) is 13.2. The van der Waals surface area contributed by atoms with Crippen LogP contribution in [0, 0.1) is 0 Å². The fraction of sp³-hybridized carbons (Fsp3) is 0.316. The number of hydrogen-bond donors (Lipinski definition) is 0. The first-order valence-electron chi connectivity index (χ1n) is 8.74. The first-order valence-corrected chi connectivity index (χ1v) is 9.12. The number of benzene rings is 2. The number of nitrogens with zero attached hydrogens (tertiary/aromatic N) is 3. The van der Waals surface area contributed by atoms with E-state index in [1.165, 1.54) is 0 Å². The van der Waals surface area contributed by atoms with E-state index in [4.69, 9.17) is 25.8 Å². The fourth-order valence-electron chi connectivity index (χ4n) is 2.93. The van der Waals surface area contributed by atoms with Crippen LogP contribution in [-0.4, -0.2) is 34.2 Å². The van der Waals surface area contributed by atoms with Crippen LogP contribution in [-0.2, 0) is 17.9 Å². The highest BCUT2D eigenvalue weighted by Crippen LogP contribution is 2.38. The fourth-order valence-corrected chi connectivity index (χ4v) is 3.22. The van der Waals surface area contributed by atoms with Gasteiger partial charge in [0.15, 0.2) is 11.5 Å². The average molecular weight is 388 g/mol. The van der Waals surface area contributed by atoms with Gasteiger partial charge in [0.25, 0.3) is 0 Å². The zero-order valence-electron chi connectivity index (χ0n) is 14.8. The van der Waals surface area contributed by atoms with Crippen molar-refractivity contribution >= 4 is 28.6 Å². The molecule has 4 rings (SSSR count). The van der Waals surface area contributed by atoms with Crippen molar-refractivity contribution in [3.05, 3.63) is 46.5 Å². The molecule has 3 aromatic rings. The highest BCUT2D eigenvalue weighted by atomic mass is 35.5. The highest BCUT2D eigenvalue weighted by molar-refractivity contribution is 6.32. The maximum absolute atomic E-state index is 12.4. The average Bonchev–Trinajstić information content (AvgIpc) is 2.94. The van der Waals surface area contributed by atoms with E-state index < -0.39 is 5.97 Å². The van der Waals surface area contributed by atoms with Crippen molar-refractivity contribution in [3.63, 3.8) is 0 Å². The molecule has 1 aliphatic heterocycles. The number of carbonyl (C=O) groups is 1. The van der Waals surface area contributed by atoms with Crippen molar-refractivity contribution in [1.29, 1.82) is 0 Å². The molecule has 0 radical (unpaired) electrons. The lowest BCUT2D eigenvalue weighted by Crippen LogP contribution is -2.06. The maximum Gasteiger partial charge on any atom is 0.338 e. The molecule has 0 unspecified atom stereocenters. The van der Waals surface area contributed by atoms with Crippen LogP contribution in [0.2, 0.25) is 5.02 Å². The van der Waals surface area contributed by atoms with E-state index in [2.05, 4.69) is 10.3 Å². The molecule has 0 saturated heterocycles. The Balaban J connectivity index is 1.49. The van der Waals surface area contributed by atoms with E-state index >= 15 is 0 Å². The lowest BCUT2D eigenvalue weighted by molar-refractivity contribution is 0.0472. The Morgan fingerprint density at radius 3 is 2.96 bits per heavy atom. The number of carbonyl (C=O) groups excluding carboxylic acids is 1. The van der Waals surface area contributed by atoms with E-state index in [0.29, 0.717) is 47.4 Å². The molecule has 140 valence electrons. The van der Waals surface area contributed by atoms with Crippen LogP contribution in [0.4, 0.5) is 0 Å². The van der Waals surface area contributed by atoms with Crippen molar-refractivity contribution in [3.8, 4) is 11.5 Å². The van der Waals surface area contributed by atoms with Gasteiger partial charge in [-0.05, 0) is 42.8 Å². The van der Waals surface area contributed by atoms with Crippen molar-refractivity contribution in [2.45, 2.75) is 26.5 Å². The molecule has 0 amide bonds. The number of rotatable bonds is 4. The predicted octanol–water partition coefficient (Wildman–Crippen LogP) is 3.62. The summed E-state index contributed by atoms with van der Waals surface area (Å²) in [6.45, 7) is 3.90. The standard InChI is InChI=1S/C19H18ClN3O4/c1-2-23-16-5-4-13(10-15(16)21-22-23)19(24)27-11-12-8-14(20)18-17(9-12)25-6-3-7-26-18/h4-5,8-10H,2-3,6-7,11H2,1H3. The van der Waals surface area contributed by atoms with Crippen LogP contribution in [0.1, 0.15) is 29.3 Å². The Hall–Kier alpha value is -2.80. The maximum atomic E-state index is 12.4. The molecular formula is C19H18ClN3O4. The molecule has 0 aliphatic carbocycles. The van der Waals surface area contributed by atoms with Gasteiger partial charge >= 0.3 is 5.97 Å². The summed E-state index contributed by atoms with van der Waals surface area (Å²) in [5.74, 6) is 0.670. The van der Waals surface area contributed by atoms with E-state index in [0.717, 1.165) is 17.5 Å². The molecular weight excluding hydrogens is 370 g/mol. The summed E-state index contributed by atoms with van der Waals surface area (Å²) in [6.07, 6.45) is 0.792. The second-order valence-electron chi connectivity index (χ2n) is 6.14. The Morgan fingerprint density at radius 2 is 2.11 bits per heavy atom. The molecule has 7 nitrogen and oxygen atoms in total. The van der Waals surface area contributed by atoms with Gasteiger partial charge in [0, 0.05) is 13.0 Å². The van der Waals surface area contributed by atoms with Gasteiger partial charge in [-0.2, -0.15) is 0 Å². The predicted molar refractivity (Wildman–Crippen MR) is 99.4 cm³/mol. The zero-order valence-corrected chi connectivity index (χ0v) is 15.5. The third-order valence-electron chi connectivity index (χ3n) is 4.28. The number of ether oxygens (including phenoxy) is 3. The minimum atomic E-state index is -0.439. The number of hydrogen-bond acceptors (Lipinski definition) is 6. The topological polar surface area (TPSA) is 75.5 Å². The van der Waals surface area contributed by atoms with Crippen molar-refractivity contribution in [2.24, 2.45) is 0 Å². The Morgan fingerprint density at radius 1 is 1.26 bits per heavy atom. The monoisotopic (exact) mass is 387 g/mol. The molecule has 0 atom stereocenters. The third-order valence-corrected chi connectivity index (χ3v) is 4.56.